The molecule has 0 fully saturated rings. The minimum Gasteiger partial charge on any atom is -0.359 e. The summed E-state index contributed by atoms with van der Waals surface area (Å²) < 4.78 is 23.0. The number of carbonyl (C=O) groups excluding carboxylic acids is 1. The molecule has 0 radical (unpaired) electrons. The van der Waals surface area contributed by atoms with Crippen molar-refractivity contribution in [1.82, 2.24) is 5.32 Å². The molecule has 0 aromatic heterocycles. The van der Waals surface area contributed by atoms with Gasteiger partial charge in [-0.05, 0) is 18.4 Å². The zero-order chi connectivity index (χ0) is 12.7. The van der Waals surface area contributed by atoms with Crippen molar-refractivity contribution in [1.29, 1.82) is 0 Å². The van der Waals surface area contributed by atoms with E-state index in [1.807, 2.05) is 6.07 Å². The summed E-state index contributed by atoms with van der Waals surface area (Å²) in [5, 5.41) is 6.99. The van der Waals surface area contributed by atoms with E-state index in [4.69, 9.17) is 5.14 Å². The number of nitrogens with one attached hydrogen (secondary N) is 1. The fraction of sp³-hybridized carbons (Fsp3) is 0.364. The molecule has 3 N–H and O–H groups in total. The molecule has 0 heterocycles. The fourth-order valence-corrected chi connectivity index (χ4v) is 2.67. The molecule has 1 rings (SSSR count). The van der Waals surface area contributed by atoms with Crippen LogP contribution in [0.4, 0.5) is 0 Å². The standard InChI is InChI=1S/C11H16N2O3S/c12-17(15,16)11(7-4-8-13-9-14)10-5-2-1-3-6-10/h1-3,5-6,9,11H,4,7-8H2,(H,13,14)(H2,12,15,16). The molecule has 1 aromatic rings. The zero-order valence-electron chi connectivity index (χ0n) is 9.37. The van der Waals surface area contributed by atoms with Crippen molar-refractivity contribution >= 4 is 16.4 Å². The lowest BCUT2D eigenvalue weighted by Crippen LogP contribution is -2.23. The van der Waals surface area contributed by atoms with Gasteiger partial charge < -0.3 is 5.32 Å². The number of benzene rings is 1. The predicted octanol–water partition coefficient (Wildman–Crippen LogP) is 0.542. The number of primary sulfonamides is 1. The summed E-state index contributed by atoms with van der Waals surface area (Å²) in [6.45, 7) is 0.447. The van der Waals surface area contributed by atoms with E-state index in [0.29, 0.717) is 31.4 Å². The number of carbonyl (C=O) groups is 1. The molecule has 6 heteroatoms. The predicted molar refractivity (Wildman–Crippen MR) is 65.6 cm³/mol. The summed E-state index contributed by atoms with van der Waals surface area (Å²) in [5.74, 6) is 0. The first-order valence-electron chi connectivity index (χ1n) is 5.29. The Balaban J connectivity index is 2.73. The average Bonchev–Trinajstić information content (AvgIpc) is 2.28. The topological polar surface area (TPSA) is 89.3 Å². The smallest absolute Gasteiger partial charge is 0.216 e. The first-order chi connectivity index (χ1) is 8.05. The van der Waals surface area contributed by atoms with Crippen LogP contribution in [0.25, 0.3) is 0 Å². The van der Waals surface area contributed by atoms with Gasteiger partial charge in [0.1, 0.15) is 5.25 Å². The van der Waals surface area contributed by atoms with Gasteiger partial charge in [-0.2, -0.15) is 0 Å². The Morgan fingerprint density at radius 1 is 1.29 bits per heavy atom. The summed E-state index contributed by atoms with van der Waals surface area (Å²) >= 11 is 0. The quantitative estimate of drug-likeness (QED) is 0.551. The van der Waals surface area contributed by atoms with Crippen molar-refractivity contribution in [2.45, 2.75) is 18.1 Å². The van der Waals surface area contributed by atoms with Gasteiger partial charge in [-0.15, -0.1) is 0 Å². The van der Waals surface area contributed by atoms with Gasteiger partial charge in [0.05, 0.1) is 0 Å². The number of rotatable bonds is 7. The summed E-state index contributed by atoms with van der Waals surface area (Å²) in [6, 6.07) is 8.84. The van der Waals surface area contributed by atoms with Crippen LogP contribution in [-0.4, -0.2) is 21.4 Å². The normalized spacial score (nSPS) is 13.0. The Morgan fingerprint density at radius 3 is 2.47 bits per heavy atom. The minimum absolute atomic E-state index is 0.393. The molecule has 1 amide bonds. The van der Waals surface area contributed by atoms with Gasteiger partial charge in [0, 0.05) is 6.54 Å². The van der Waals surface area contributed by atoms with Gasteiger partial charge in [-0.3, -0.25) is 4.79 Å². The van der Waals surface area contributed by atoms with Gasteiger partial charge in [0.25, 0.3) is 0 Å². The van der Waals surface area contributed by atoms with E-state index in [2.05, 4.69) is 5.32 Å². The monoisotopic (exact) mass is 256 g/mol. The number of amides is 1. The van der Waals surface area contributed by atoms with E-state index in [0.717, 1.165) is 0 Å². The maximum Gasteiger partial charge on any atom is 0.216 e. The lowest BCUT2D eigenvalue weighted by atomic mass is 10.1. The maximum absolute atomic E-state index is 11.5. The van der Waals surface area contributed by atoms with Crippen molar-refractivity contribution in [3.8, 4) is 0 Å². The molecule has 5 nitrogen and oxygen atoms in total. The number of hydrogen-bond donors (Lipinski definition) is 2. The van der Waals surface area contributed by atoms with Crippen LogP contribution in [0.3, 0.4) is 0 Å². The highest BCUT2D eigenvalue weighted by Crippen LogP contribution is 2.24. The molecule has 1 atom stereocenters. The molecule has 1 aromatic carbocycles. The van der Waals surface area contributed by atoms with Gasteiger partial charge in [-0.1, -0.05) is 30.3 Å². The van der Waals surface area contributed by atoms with Crippen LogP contribution in [0.1, 0.15) is 23.7 Å². The van der Waals surface area contributed by atoms with E-state index >= 15 is 0 Å². The van der Waals surface area contributed by atoms with E-state index in [1.165, 1.54) is 0 Å². The van der Waals surface area contributed by atoms with Gasteiger partial charge in [-0.25, -0.2) is 13.6 Å². The third-order valence-electron chi connectivity index (χ3n) is 2.44. The Morgan fingerprint density at radius 2 is 1.94 bits per heavy atom. The second-order valence-corrected chi connectivity index (χ2v) is 5.45. The molecular formula is C11H16N2O3S. The van der Waals surface area contributed by atoms with Crippen LogP contribution in [0.15, 0.2) is 30.3 Å². The van der Waals surface area contributed by atoms with Crippen LogP contribution in [0, 0.1) is 0 Å². The average molecular weight is 256 g/mol. The first kappa shape index (κ1) is 13.7. The van der Waals surface area contributed by atoms with Crippen molar-refractivity contribution in [2.24, 2.45) is 5.14 Å². The largest absolute Gasteiger partial charge is 0.359 e. The van der Waals surface area contributed by atoms with E-state index in [1.54, 1.807) is 24.3 Å². The molecule has 0 spiro atoms. The molecule has 1 unspecified atom stereocenters. The molecule has 0 bridgehead atoms. The number of sulfonamides is 1. The minimum atomic E-state index is -3.62. The van der Waals surface area contributed by atoms with Crippen LogP contribution in [0.5, 0.6) is 0 Å². The summed E-state index contributed by atoms with van der Waals surface area (Å²) in [7, 11) is -3.62. The number of hydrogen-bond acceptors (Lipinski definition) is 3. The van der Waals surface area contributed by atoms with E-state index < -0.39 is 15.3 Å². The van der Waals surface area contributed by atoms with Crippen LogP contribution >= 0.6 is 0 Å². The summed E-state index contributed by atoms with van der Waals surface area (Å²) in [6.07, 6.45) is 1.55. The van der Waals surface area contributed by atoms with Gasteiger partial charge in [0.2, 0.25) is 16.4 Å². The van der Waals surface area contributed by atoms with Crippen molar-refractivity contribution in [3.63, 3.8) is 0 Å². The zero-order valence-corrected chi connectivity index (χ0v) is 10.2. The summed E-state index contributed by atoms with van der Waals surface area (Å²) in [4.78, 5) is 10.1. The SMILES string of the molecule is NS(=O)(=O)C(CCCNC=O)c1ccccc1. The Hall–Kier alpha value is -1.40. The number of nitrogens with two attached hydrogens (primary N) is 1. The highest BCUT2D eigenvalue weighted by molar-refractivity contribution is 7.89. The maximum atomic E-state index is 11.5. The van der Waals surface area contributed by atoms with Crippen LogP contribution in [0.2, 0.25) is 0 Å². The third-order valence-corrected chi connectivity index (χ3v) is 3.74. The highest BCUT2D eigenvalue weighted by Gasteiger charge is 2.22. The van der Waals surface area contributed by atoms with Crippen molar-refractivity contribution in [2.75, 3.05) is 6.54 Å². The second-order valence-electron chi connectivity index (χ2n) is 3.70. The Kier molecular flexibility index (Phi) is 5.11. The first-order valence-corrected chi connectivity index (χ1v) is 6.90. The van der Waals surface area contributed by atoms with Gasteiger partial charge in [0.15, 0.2) is 0 Å². The molecule has 94 valence electrons. The molecule has 0 aliphatic carbocycles. The lowest BCUT2D eigenvalue weighted by Gasteiger charge is -2.14. The molecule has 17 heavy (non-hydrogen) atoms. The molecule has 0 saturated carbocycles. The Bertz CT molecular complexity index is 445. The van der Waals surface area contributed by atoms with E-state index in [9.17, 15) is 13.2 Å². The molecule has 0 aliphatic heterocycles. The fourth-order valence-electron chi connectivity index (χ4n) is 1.64. The second kappa shape index (κ2) is 6.36. The Labute approximate surface area is 101 Å². The van der Waals surface area contributed by atoms with Gasteiger partial charge >= 0.3 is 0 Å². The van der Waals surface area contributed by atoms with Crippen LogP contribution in [-0.2, 0) is 14.8 Å². The van der Waals surface area contributed by atoms with Crippen molar-refractivity contribution < 1.29 is 13.2 Å². The third kappa shape index (κ3) is 4.54. The lowest BCUT2D eigenvalue weighted by molar-refractivity contribution is -0.109. The molecule has 0 saturated heterocycles. The summed E-state index contributed by atoms with van der Waals surface area (Å²) in [5.41, 5.74) is 0.682. The van der Waals surface area contributed by atoms with Crippen molar-refractivity contribution in [3.05, 3.63) is 35.9 Å². The molecule has 0 aliphatic rings. The highest BCUT2D eigenvalue weighted by atomic mass is 32.2. The van der Waals surface area contributed by atoms with E-state index in [-0.39, 0.29) is 0 Å². The van der Waals surface area contributed by atoms with Crippen LogP contribution < -0.4 is 10.5 Å². The molecular weight excluding hydrogens is 240 g/mol.